The molecule has 1 N–H and O–H groups in total. The Morgan fingerprint density at radius 3 is 2.37 bits per heavy atom. The van der Waals surface area contributed by atoms with Gasteiger partial charge in [0.2, 0.25) is 0 Å². The van der Waals surface area contributed by atoms with E-state index in [1.165, 1.54) is 29.2 Å². The van der Waals surface area contributed by atoms with Gasteiger partial charge in [-0.25, -0.2) is 4.39 Å². The number of hydrogen-bond donors (Lipinski definition) is 1. The van der Waals surface area contributed by atoms with Gasteiger partial charge in [-0.3, -0.25) is 14.5 Å². The van der Waals surface area contributed by atoms with Crippen LogP contribution in [0.25, 0.3) is 5.76 Å². The normalized spacial score (nSPS) is 17.3. The van der Waals surface area contributed by atoms with E-state index >= 15 is 0 Å². The summed E-state index contributed by atoms with van der Waals surface area (Å²) in [6.07, 6.45) is 0. The van der Waals surface area contributed by atoms with E-state index in [-0.39, 0.29) is 11.3 Å². The summed E-state index contributed by atoms with van der Waals surface area (Å²) in [5.74, 6) is -1.22. The quantitative estimate of drug-likeness (QED) is 0.267. The average Bonchev–Trinajstić information content (AvgIpc) is 3.08. The monoisotopic (exact) mass is 473 g/mol. The lowest BCUT2D eigenvalue weighted by Gasteiger charge is -2.25. The lowest BCUT2D eigenvalue weighted by Crippen LogP contribution is -2.29. The van der Waals surface area contributed by atoms with Crippen molar-refractivity contribution in [3.63, 3.8) is 0 Å². The van der Waals surface area contributed by atoms with E-state index < -0.39 is 23.5 Å². The molecule has 1 aliphatic rings. The van der Waals surface area contributed by atoms with Crippen LogP contribution < -0.4 is 9.64 Å². The van der Waals surface area contributed by atoms with Gasteiger partial charge in [0.15, 0.2) is 0 Å². The van der Waals surface area contributed by atoms with E-state index in [1.807, 2.05) is 19.9 Å². The highest BCUT2D eigenvalue weighted by molar-refractivity contribution is 6.51. The number of amides is 1. The van der Waals surface area contributed by atoms with Gasteiger partial charge in [0.25, 0.3) is 11.7 Å². The van der Waals surface area contributed by atoms with Crippen LogP contribution in [0, 0.1) is 25.6 Å². The molecule has 1 unspecified atom stereocenters. The van der Waals surface area contributed by atoms with Crippen LogP contribution >= 0.6 is 0 Å². The molecular formula is C29H28FNO4. The van der Waals surface area contributed by atoms with Crippen molar-refractivity contribution in [3.05, 3.63) is 100 Å². The third kappa shape index (κ3) is 4.83. The maximum absolute atomic E-state index is 13.7. The molecule has 0 saturated carbocycles. The average molecular weight is 474 g/mol. The van der Waals surface area contributed by atoms with Gasteiger partial charge in [0.1, 0.15) is 17.3 Å². The number of aliphatic hydroxyl groups is 1. The molecule has 1 saturated heterocycles. The minimum absolute atomic E-state index is 0.0432. The lowest BCUT2D eigenvalue weighted by atomic mass is 9.94. The van der Waals surface area contributed by atoms with E-state index in [4.69, 9.17) is 4.74 Å². The first-order valence-corrected chi connectivity index (χ1v) is 11.5. The minimum Gasteiger partial charge on any atom is -0.507 e. The molecule has 1 aliphatic heterocycles. The number of rotatable bonds is 6. The first-order chi connectivity index (χ1) is 16.7. The van der Waals surface area contributed by atoms with Gasteiger partial charge in [0.05, 0.1) is 18.2 Å². The molecule has 6 heteroatoms. The molecule has 1 fully saturated rings. The Hall–Kier alpha value is -3.93. The molecule has 0 spiro atoms. The van der Waals surface area contributed by atoms with Gasteiger partial charge in [-0.15, -0.1) is 0 Å². The third-order valence-electron chi connectivity index (χ3n) is 5.93. The number of aryl methyl sites for hydroxylation is 2. The number of nitrogens with zero attached hydrogens (tertiary/aromatic N) is 1. The van der Waals surface area contributed by atoms with Gasteiger partial charge < -0.3 is 9.84 Å². The zero-order chi connectivity index (χ0) is 25.3. The molecule has 35 heavy (non-hydrogen) atoms. The number of ketones is 1. The molecule has 0 aromatic heterocycles. The van der Waals surface area contributed by atoms with Crippen LogP contribution in [0.5, 0.6) is 5.75 Å². The van der Waals surface area contributed by atoms with Crippen molar-refractivity contribution in [3.8, 4) is 5.75 Å². The number of benzene rings is 3. The van der Waals surface area contributed by atoms with E-state index in [1.54, 1.807) is 36.4 Å². The van der Waals surface area contributed by atoms with Gasteiger partial charge in [-0.1, -0.05) is 38.1 Å². The predicted molar refractivity (Wildman–Crippen MR) is 134 cm³/mol. The second kappa shape index (κ2) is 9.74. The van der Waals surface area contributed by atoms with Gasteiger partial charge in [-0.2, -0.15) is 0 Å². The highest BCUT2D eigenvalue weighted by Crippen LogP contribution is 2.42. The molecular weight excluding hydrogens is 445 g/mol. The number of carbonyl (C=O) groups is 2. The number of Topliss-reactive ketones (excluding diaryl/α,β-unsaturated/α-hetero) is 1. The third-order valence-corrected chi connectivity index (χ3v) is 5.93. The number of hydrogen-bond acceptors (Lipinski definition) is 4. The summed E-state index contributed by atoms with van der Waals surface area (Å²) in [7, 11) is 0. The topological polar surface area (TPSA) is 66.8 Å². The van der Waals surface area contributed by atoms with E-state index in [9.17, 15) is 19.1 Å². The highest BCUT2D eigenvalue weighted by atomic mass is 19.1. The van der Waals surface area contributed by atoms with Gasteiger partial charge in [0, 0.05) is 11.3 Å². The summed E-state index contributed by atoms with van der Waals surface area (Å²) >= 11 is 0. The molecule has 0 radical (unpaired) electrons. The first-order valence-electron chi connectivity index (χ1n) is 11.5. The van der Waals surface area contributed by atoms with Crippen molar-refractivity contribution < 1.29 is 23.8 Å². The molecule has 3 aromatic rings. The molecule has 1 atom stereocenters. The van der Waals surface area contributed by atoms with E-state index in [0.29, 0.717) is 35.1 Å². The van der Waals surface area contributed by atoms with Crippen molar-refractivity contribution in [1.82, 2.24) is 0 Å². The molecule has 1 heterocycles. The second-order valence-corrected chi connectivity index (χ2v) is 9.24. The molecule has 180 valence electrons. The fourth-order valence-corrected chi connectivity index (χ4v) is 4.21. The van der Waals surface area contributed by atoms with Crippen molar-refractivity contribution in [2.24, 2.45) is 5.92 Å². The van der Waals surface area contributed by atoms with Crippen LogP contribution in [0.15, 0.2) is 72.3 Å². The van der Waals surface area contributed by atoms with Crippen LogP contribution in [0.4, 0.5) is 10.1 Å². The lowest BCUT2D eigenvalue weighted by molar-refractivity contribution is -0.132. The maximum atomic E-state index is 13.7. The molecule has 4 rings (SSSR count). The SMILES string of the molecule is Cc1cccc(N2C(=O)C(=O)/C(=C(\O)c3ccc(OCC(C)C)c(C)c3)C2c2ccc(F)cc2)c1. The van der Waals surface area contributed by atoms with Crippen molar-refractivity contribution in [1.29, 1.82) is 0 Å². The Balaban J connectivity index is 1.85. The summed E-state index contributed by atoms with van der Waals surface area (Å²) in [6.45, 7) is 8.41. The van der Waals surface area contributed by atoms with E-state index in [2.05, 4.69) is 13.8 Å². The summed E-state index contributed by atoms with van der Waals surface area (Å²) in [5, 5.41) is 11.3. The first kappa shape index (κ1) is 24.2. The Kier molecular flexibility index (Phi) is 6.74. The summed E-state index contributed by atoms with van der Waals surface area (Å²) in [6, 6.07) is 17.0. The number of ether oxygens (including phenoxy) is 1. The second-order valence-electron chi connectivity index (χ2n) is 9.24. The summed E-state index contributed by atoms with van der Waals surface area (Å²) in [5.41, 5.74) is 3.10. The number of halogens is 1. The van der Waals surface area contributed by atoms with Gasteiger partial charge in [-0.05, 0) is 78.9 Å². The fourth-order valence-electron chi connectivity index (χ4n) is 4.21. The Morgan fingerprint density at radius 2 is 1.74 bits per heavy atom. The largest absolute Gasteiger partial charge is 0.507 e. The van der Waals surface area contributed by atoms with Crippen molar-refractivity contribution in [2.75, 3.05) is 11.5 Å². The van der Waals surface area contributed by atoms with Crippen molar-refractivity contribution in [2.45, 2.75) is 33.7 Å². The standard InChI is InChI=1S/C29H28FNO4/c1-17(2)16-35-24-13-10-21(15-19(24)4)27(32)25-26(20-8-11-22(30)12-9-20)31(29(34)28(25)33)23-7-5-6-18(3)14-23/h5-15,17,26,32H,16H2,1-4H3/b27-25-. The fraction of sp³-hybridized carbons (Fsp3) is 0.241. The number of anilines is 1. The Labute approximate surface area is 204 Å². The van der Waals surface area contributed by atoms with Crippen LogP contribution in [0.3, 0.4) is 0 Å². The molecule has 3 aromatic carbocycles. The zero-order valence-corrected chi connectivity index (χ0v) is 20.2. The predicted octanol–water partition coefficient (Wildman–Crippen LogP) is 6.10. The molecule has 0 bridgehead atoms. The maximum Gasteiger partial charge on any atom is 0.300 e. The van der Waals surface area contributed by atoms with Crippen LogP contribution in [0.2, 0.25) is 0 Å². The van der Waals surface area contributed by atoms with Gasteiger partial charge >= 0.3 is 0 Å². The zero-order valence-electron chi connectivity index (χ0n) is 20.2. The van der Waals surface area contributed by atoms with E-state index in [0.717, 1.165) is 11.1 Å². The minimum atomic E-state index is -0.908. The van der Waals surface area contributed by atoms with Crippen LogP contribution in [-0.2, 0) is 9.59 Å². The smallest absolute Gasteiger partial charge is 0.300 e. The molecule has 5 nitrogen and oxygen atoms in total. The summed E-state index contributed by atoms with van der Waals surface area (Å²) < 4.78 is 19.5. The number of carbonyl (C=O) groups excluding carboxylic acids is 2. The molecule has 1 amide bonds. The number of aliphatic hydroxyl groups excluding tert-OH is 1. The highest BCUT2D eigenvalue weighted by Gasteiger charge is 2.47. The molecule has 0 aliphatic carbocycles. The van der Waals surface area contributed by atoms with Crippen molar-refractivity contribution >= 4 is 23.1 Å². The van der Waals surface area contributed by atoms with Crippen LogP contribution in [0.1, 0.15) is 42.1 Å². The summed E-state index contributed by atoms with van der Waals surface area (Å²) in [4.78, 5) is 27.8. The van der Waals surface area contributed by atoms with Crippen LogP contribution in [-0.4, -0.2) is 23.4 Å². The Morgan fingerprint density at radius 1 is 1.03 bits per heavy atom. The Bertz CT molecular complexity index is 1310.